The van der Waals surface area contributed by atoms with Crippen molar-refractivity contribution in [2.45, 2.75) is 46.5 Å². The normalized spacial score (nSPS) is 11.0. The predicted molar refractivity (Wildman–Crippen MR) is 155 cm³/mol. The van der Waals surface area contributed by atoms with Gasteiger partial charge in [-0.2, -0.15) is 0 Å². The molecular weight excluding hydrogens is 456 g/mol. The van der Waals surface area contributed by atoms with E-state index >= 15 is 0 Å². The van der Waals surface area contributed by atoms with E-state index in [0.717, 1.165) is 70.1 Å². The zero-order valence-electron chi connectivity index (χ0n) is 22.7. The molecule has 0 aliphatic heterocycles. The van der Waals surface area contributed by atoms with Gasteiger partial charge in [-0.1, -0.05) is 81.8 Å². The average Bonchev–Trinajstić information content (AvgIpc) is 2.93. The van der Waals surface area contributed by atoms with Gasteiger partial charge < -0.3 is 14.2 Å². The number of hydrogen-bond donors (Lipinski definition) is 0. The van der Waals surface area contributed by atoms with Crippen LogP contribution in [-0.2, 0) is 0 Å². The molecule has 4 aromatic carbocycles. The van der Waals surface area contributed by atoms with E-state index in [1.54, 1.807) is 7.11 Å². The van der Waals surface area contributed by atoms with Crippen molar-refractivity contribution in [3.05, 3.63) is 90.5 Å². The molecule has 37 heavy (non-hydrogen) atoms. The van der Waals surface area contributed by atoms with Gasteiger partial charge >= 0.3 is 0 Å². The van der Waals surface area contributed by atoms with E-state index in [4.69, 9.17) is 14.2 Å². The molecule has 0 aliphatic rings. The lowest BCUT2D eigenvalue weighted by Crippen LogP contribution is -1.98. The summed E-state index contributed by atoms with van der Waals surface area (Å²) in [5.41, 5.74) is 7.92. The van der Waals surface area contributed by atoms with Crippen molar-refractivity contribution in [1.82, 2.24) is 0 Å². The van der Waals surface area contributed by atoms with E-state index in [0.29, 0.717) is 12.5 Å². The highest BCUT2D eigenvalue weighted by Crippen LogP contribution is 2.45. The van der Waals surface area contributed by atoms with E-state index < -0.39 is 0 Å². The highest BCUT2D eigenvalue weighted by molar-refractivity contribution is 5.93. The Hall–Kier alpha value is -3.72. The second-order valence-corrected chi connectivity index (χ2v) is 9.53. The average molecular weight is 495 g/mol. The van der Waals surface area contributed by atoms with Crippen LogP contribution in [0.3, 0.4) is 0 Å². The van der Waals surface area contributed by atoms with Gasteiger partial charge in [0, 0.05) is 11.1 Å². The summed E-state index contributed by atoms with van der Waals surface area (Å²) >= 11 is 0. The first-order valence-corrected chi connectivity index (χ1v) is 13.3. The summed E-state index contributed by atoms with van der Waals surface area (Å²) in [5, 5.41) is 0. The van der Waals surface area contributed by atoms with Crippen LogP contribution in [0.2, 0.25) is 0 Å². The van der Waals surface area contributed by atoms with Crippen molar-refractivity contribution in [2.75, 3.05) is 20.3 Å². The van der Waals surface area contributed by atoms with Crippen molar-refractivity contribution in [1.29, 1.82) is 0 Å². The van der Waals surface area contributed by atoms with Gasteiger partial charge in [-0.3, -0.25) is 0 Å². The van der Waals surface area contributed by atoms with Gasteiger partial charge in [0.05, 0.1) is 20.3 Å². The summed E-state index contributed by atoms with van der Waals surface area (Å²) in [5.74, 6) is 3.12. The van der Waals surface area contributed by atoms with Crippen LogP contribution in [0.15, 0.2) is 84.9 Å². The van der Waals surface area contributed by atoms with Crippen molar-refractivity contribution in [2.24, 2.45) is 0 Å². The Kier molecular flexibility index (Phi) is 8.90. The Morgan fingerprint density at radius 2 is 1.16 bits per heavy atom. The molecule has 0 spiro atoms. The highest BCUT2D eigenvalue weighted by Gasteiger charge is 2.19. The minimum absolute atomic E-state index is 0.492. The quantitative estimate of drug-likeness (QED) is 0.194. The third-order valence-electron chi connectivity index (χ3n) is 6.64. The van der Waals surface area contributed by atoms with Gasteiger partial charge in [-0.25, -0.2) is 0 Å². The standard InChI is InChI=1S/C34H38O3/c1-6-8-23-37-30-19-15-28(16-20-30)33-31(26-13-17-29(18-14-26)36-7-2)21-22-32(34(33)35-5)27-11-9-25(10-12-27)24(3)4/h9-22,24H,6-8,23H2,1-5H3. The number of unbranched alkanes of at least 4 members (excludes halogenated alkanes) is 1. The summed E-state index contributed by atoms with van der Waals surface area (Å²) in [6, 6.07) is 29.8. The molecule has 0 radical (unpaired) electrons. The summed E-state index contributed by atoms with van der Waals surface area (Å²) in [6.45, 7) is 9.99. The van der Waals surface area contributed by atoms with Crippen LogP contribution in [0.25, 0.3) is 33.4 Å². The van der Waals surface area contributed by atoms with Gasteiger partial charge in [-0.05, 0) is 77.4 Å². The molecule has 0 heterocycles. The van der Waals surface area contributed by atoms with Gasteiger partial charge in [0.1, 0.15) is 17.2 Å². The zero-order chi connectivity index (χ0) is 26.2. The van der Waals surface area contributed by atoms with Crippen molar-refractivity contribution >= 4 is 0 Å². The van der Waals surface area contributed by atoms with Crippen LogP contribution in [-0.4, -0.2) is 20.3 Å². The molecule has 0 unspecified atom stereocenters. The molecule has 0 fully saturated rings. The summed E-state index contributed by atoms with van der Waals surface area (Å²) < 4.78 is 17.7. The first-order valence-electron chi connectivity index (χ1n) is 13.3. The molecular formula is C34H38O3. The number of hydrogen-bond acceptors (Lipinski definition) is 3. The van der Waals surface area contributed by atoms with Crippen LogP contribution in [0.4, 0.5) is 0 Å². The van der Waals surface area contributed by atoms with Crippen LogP contribution in [0.5, 0.6) is 17.2 Å². The lowest BCUT2D eigenvalue weighted by molar-refractivity contribution is 0.309. The number of rotatable bonds is 11. The second-order valence-electron chi connectivity index (χ2n) is 9.53. The van der Waals surface area contributed by atoms with Crippen molar-refractivity contribution < 1.29 is 14.2 Å². The molecule has 0 saturated carbocycles. The molecule has 0 bridgehead atoms. The molecule has 4 rings (SSSR count). The fourth-order valence-corrected chi connectivity index (χ4v) is 4.55. The SMILES string of the molecule is CCCCOc1ccc(-c2c(-c3ccc(OCC)cc3)ccc(-c3ccc(C(C)C)cc3)c2OC)cc1. The predicted octanol–water partition coefficient (Wildman–Crippen LogP) is 9.40. The first-order chi connectivity index (χ1) is 18.0. The number of benzene rings is 4. The van der Waals surface area contributed by atoms with Gasteiger partial charge in [0.2, 0.25) is 0 Å². The zero-order valence-corrected chi connectivity index (χ0v) is 22.7. The Morgan fingerprint density at radius 1 is 0.622 bits per heavy atom. The first kappa shape index (κ1) is 26.3. The summed E-state index contributed by atoms with van der Waals surface area (Å²) in [6.07, 6.45) is 2.17. The molecule has 0 aromatic heterocycles. The van der Waals surface area contributed by atoms with E-state index in [1.807, 2.05) is 19.1 Å². The smallest absolute Gasteiger partial charge is 0.135 e. The molecule has 0 amide bonds. The fourth-order valence-electron chi connectivity index (χ4n) is 4.55. The maximum atomic E-state index is 6.14. The molecule has 4 aromatic rings. The monoisotopic (exact) mass is 494 g/mol. The maximum absolute atomic E-state index is 6.14. The number of ether oxygens (including phenoxy) is 3. The topological polar surface area (TPSA) is 27.7 Å². The Labute approximate surface area is 222 Å². The largest absolute Gasteiger partial charge is 0.495 e. The van der Waals surface area contributed by atoms with Crippen LogP contribution < -0.4 is 14.2 Å². The molecule has 0 N–H and O–H groups in total. The molecule has 0 atom stereocenters. The fraction of sp³-hybridized carbons (Fsp3) is 0.294. The third-order valence-corrected chi connectivity index (χ3v) is 6.64. The molecule has 192 valence electrons. The van der Waals surface area contributed by atoms with Crippen molar-refractivity contribution in [3.8, 4) is 50.6 Å². The molecule has 0 aliphatic carbocycles. The minimum atomic E-state index is 0.492. The van der Waals surface area contributed by atoms with Crippen LogP contribution in [0.1, 0.15) is 52.0 Å². The van der Waals surface area contributed by atoms with Gasteiger partial charge in [0.25, 0.3) is 0 Å². The second kappa shape index (κ2) is 12.5. The molecule has 3 nitrogen and oxygen atoms in total. The summed E-state index contributed by atoms with van der Waals surface area (Å²) in [4.78, 5) is 0. The maximum Gasteiger partial charge on any atom is 0.135 e. The Balaban J connectivity index is 1.83. The lowest BCUT2D eigenvalue weighted by atomic mass is 9.89. The van der Waals surface area contributed by atoms with E-state index in [9.17, 15) is 0 Å². The summed E-state index contributed by atoms with van der Waals surface area (Å²) in [7, 11) is 1.76. The van der Waals surface area contributed by atoms with Crippen LogP contribution in [0, 0.1) is 0 Å². The lowest BCUT2D eigenvalue weighted by Gasteiger charge is -2.19. The van der Waals surface area contributed by atoms with Crippen molar-refractivity contribution in [3.63, 3.8) is 0 Å². The Bertz CT molecular complexity index is 1270. The highest BCUT2D eigenvalue weighted by atomic mass is 16.5. The van der Waals surface area contributed by atoms with E-state index in [2.05, 4.69) is 93.6 Å². The molecule has 3 heteroatoms. The third kappa shape index (κ3) is 6.17. The van der Waals surface area contributed by atoms with E-state index in [1.165, 1.54) is 5.56 Å². The molecule has 0 saturated heterocycles. The minimum Gasteiger partial charge on any atom is -0.495 e. The Morgan fingerprint density at radius 3 is 1.73 bits per heavy atom. The van der Waals surface area contributed by atoms with Gasteiger partial charge in [0.15, 0.2) is 0 Å². The number of methoxy groups -OCH3 is 1. The van der Waals surface area contributed by atoms with Crippen LogP contribution >= 0.6 is 0 Å². The van der Waals surface area contributed by atoms with E-state index in [-0.39, 0.29) is 0 Å². The van der Waals surface area contributed by atoms with Gasteiger partial charge in [-0.15, -0.1) is 0 Å².